The van der Waals surface area contributed by atoms with Gasteiger partial charge in [-0.3, -0.25) is 0 Å². The lowest BCUT2D eigenvalue weighted by Crippen LogP contribution is -2.38. The van der Waals surface area contributed by atoms with Gasteiger partial charge in [0.05, 0.1) is 5.92 Å². The summed E-state index contributed by atoms with van der Waals surface area (Å²) in [6, 6.07) is 10.0. The van der Waals surface area contributed by atoms with Crippen molar-refractivity contribution >= 4 is 0 Å². The summed E-state index contributed by atoms with van der Waals surface area (Å²) in [7, 11) is 0. The third-order valence-corrected chi connectivity index (χ3v) is 11.1. The van der Waals surface area contributed by atoms with Crippen LogP contribution >= 0.6 is 0 Å². The zero-order chi connectivity index (χ0) is 29.7. The van der Waals surface area contributed by atoms with Crippen molar-refractivity contribution in [1.82, 2.24) is 0 Å². The van der Waals surface area contributed by atoms with Gasteiger partial charge < -0.3 is 4.74 Å². The van der Waals surface area contributed by atoms with Crippen LogP contribution in [0.3, 0.4) is 0 Å². The Morgan fingerprint density at radius 3 is 1.98 bits per heavy atom. The van der Waals surface area contributed by atoms with Gasteiger partial charge in [0, 0.05) is 6.07 Å². The monoisotopic (exact) mass is 586 g/mol. The average molecular weight is 587 g/mol. The van der Waals surface area contributed by atoms with Crippen molar-refractivity contribution in [3.63, 3.8) is 0 Å². The molecule has 5 rings (SSSR count). The molecule has 42 heavy (non-hydrogen) atoms. The highest BCUT2D eigenvalue weighted by Crippen LogP contribution is 2.47. The van der Waals surface area contributed by atoms with Crippen LogP contribution in [-0.2, 0) is 0 Å². The van der Waals surface area contributed by atoms with Gasteiger partial charge in [-0.05, 0) is 142 Å². The molecular weight excluding hydrogens is 536 g/mol. The molecule has 3 fully saturated rings. The smallest absolute Gasteiger partial charge is 0.400 e. The molecule has 0 N–H and O–H groups in total. The third kappa shape index (κ3) is 7.72. The van der Waals surface area contributed by atoms with Gasteiger partial charge in [0.25, 0.3) is 0 Å². The highest BCUT2D eigenvalue weighted by Gasteiger charge is 2.45. The lowest BCUT2D eigenvalue weighted by atomic mass is 9.68. The minimum absolute atomic E-state index is 0.0304. The molecule has 5 heteroatoms. The summed E-state index contributed by atoms with van der Waals surface area (Å²) in [4.78, 5) is 0. The van der Waals surface area contributed by atoms with Crippen molar-refractivity contribution in [1.29, 1.82) is 0 Å². The van der Waals surface area contributed by atoms with E-state index in [4.69, 9.17) is 4.74 Å². The van der Waals surface area contributed by atoms with Crippen LogP contribution in [0.15, 0.2) is 36.4 Å². The van der Waals surface area contributed by atoms with E-state index in [1.807, 2.05) is 6.07 Å². The predicted molar refractivity (Wildman–Crippen MR) is 162 cm³/mol. The molecule has 0 saturated heterocycles. The molecule has 0 radical (unpaired) electrons. The molecule has 0 bridgehead atoms. The van der Waals surface area contributed by atoms with E-state index in [2.05, 4.69) is 19.1 Å². The molecule has 0 unspecified atom stereocenters. The molecule has 2 aromatic carbocycles. The molecule has 0 heterocycles. The van der Waals surface area contributed by atoms with Gasteiger partial charge in [-0.1, -0.05) is 50.8 Å². The van der Waals surface area contributed by atoms with Gasteiger partial charge in [0.15, 0.2) is 0 Å². The molecule has 1 nitrogen and oxygen atoms in total. The maximum absolute atomic E-state index is 15.4. The van der Waals surface area contributed by atoms with Gasteiger partial charge in [0.1, 0.15) is 17.4 Å². The zero-order valence-corrected chi connectivity index (χ0v) is 25.7. The molecule has 3 saturated carbocycles. The highest BCUT2D eigenvalue weighted by atomic mass is 19.3. The maximum atomic E-state index is 15.4. The standard InChI is InChI=1S/C37H50F4O/c1-3-4-5-6-26-8-10-29(11-9-26)31-18-22-34(36(39)23-31)30-14-12-27(13-15-30)28-16-19-32(20-17-28)37(40,41)42-33-21-7-25(2)35(38)24-33/h7,18,21-24,26-30,32H,3-6,8-17,19-20H2,1-2H3. The third-order valence-electron chi connectivity index (χ3n) is 11.1. The van der Waals surface area contributed by atoms with Crippen LogP contribution in [0.2, 0.25) is 0 Å². The zero-order valence-electron chi connectivity index (χ0n) is 25.7. The Kier molecular flexibility index (Phi) is 10.6. The SMILES string of the molecule is CCCCCC1CCC(c2ccc(C3CCC(C4CCC(C(F)(F)Oc5ccc(C)c(F)c5)CC4)CC3)c(F)c2)CC1. The number of unbranched alkanes of at least 4 members (excludes halogenated alkanes) is 2. The first kappa shape index (κ1) is 31.4. The van der Waals surface area contributed by atoms with Gasteiger partial charge in [-0.25, -0.2) is 8.78 Å². The molecule has 3 aliphatic carbocycles. The van der Waals surface area contributed by atoms with Crippen LogP contribution in [0.1, 0.15) is 138 Å². The summed E-state index contributed by atoms with van der Waals surface area (Å²) in [6.45, 7) is 3.86. The summed E-state index contributed by atoms with van der Waals surface area (Å²) in [6.07, 6.45) is 13.4. The van der Waals surface area contributed by atoms with Crippen LogP contribution in [0, 0.1) is 42.2 Å². The molecule has 0 aromatic heterocycles. The molecule has 2 aromatic rings. The second-order valence-electron chi connectivity index (χ2n) is 13.8. The Labute approximate surface area is 250 Å². The summed E-state index contributed by atoms with van der Waals surface area (Å²) >= 11 is 0. The number of aryl methyl sites for hydroxylation is 1. The van der Waals surface area contributed by atoms with Gasteiger partial charge >= 0.3 is 6.11 Å². The number of alkyl halides is 2. The summed E-state index contributed by atoms with van der Waals surface area (Å²) in [5.74, 6) is 1.05. The van der Waals surface area contributed by atoms with E-state index >= 15 is 4.39 Å². The first-order valence-corrected chi connectivity index (χ1v) is 16.9. The number of rotatable bonds is 10. The average Bonchev–Trinajstić information content (AvgIpc) is 2.99. The van der Waals surface area contributed by atoms with Gasteiger partial charge in [-0.15, -0.1) is 0 Å². The van der Waals surface area contributed by atoms with Crippen molar-refractivity contribution < 1.29 is 22.3 Å². The Morgan fingerprint density at radius 2 is 1.36 bits per heavy atom. The van der Waals surface area contributed by atoms with Crippen molar-refractivity contribution in [3.8, 4) is 5.75 Å². The molecular formula is C37H50F4O. The number of benzene rings is 2. The summed E-state index contributed by atoms with van der Waals surface area (Å²) in [5, 5.41) is 0. The fourth-order valence-electron chi connectivity index (χ4n) is 8.30. The molecule has 232 valence electrons. The Morgan fingerprint density at radius 1 is 0.714 bits per heavy atom. The normalized spacial score (nSPS) is 28.9. The second kappa shape index (κ2) is 14.2. The first-order chi connectivity index (χ1) is 20.2. The minimum Gasteiger partial charge on any atom is -0.432 e. The van der Waals surface area contributed by atoms with Crippen molar-refractivity contribution in [2.24, 2.45) is 23.7 Å². The van der Waals surface area contributed by atoms with E-state index in [1.54, 1.807) is 6.92 Å². The lowest BCUT2D eigenvalue weighted by molar-refractivity contribution is -0.224. The van der Waals surface area contributed by atoms with Crippen LogP contribution in [-0.4, -0.2) is 6.11 Å². The van der Waals surface area contributed by atoms with Crippen LogP contribution in [0.4, 0.5) is 17.6 Å². The van der Waals surface area contributed by atoms with Crippen LogP contribution < -0.4 is 4.74 Å². The Balaban J connectivity index is 1.07. The maximum Gasteiger partial charge on any atom is 0.400 e. The van der Waals surface area contributed by atoms with E-state index in [9.17, 15) is 13.2 Å². The largest absolute Gasteiger partial charge is 0.432 e. The number of ether oxygens (including phenoxy) is 1. The van der Waals surface area contributed by atoms with Gasteiger partial charge in [-0.2, -0.15) is 8.78 Å². The minimum atomic E-state index is -3.30. The van der Waals surface area contributed by atoms with Gasteiger partial charge in [0.2, 0.25) is 0 Å². The molecule has 0 amide bonds. The summed E-state index contributed by atoms with van der Waals surface area (Å²) in [5.41, 5.74) is 2.46. The predicted octanol–water partition coefficient (Wildman–Crippen LogP) is 11.9. The molecule has 3 aliphatic rings. The number of hydrogen-bond donors (Lipinski definition) is 0. The lowest BCUT2D eigenvalue weighted by Gasteiger charge is -2.39. The fraction of sp³-hybridized carbons (Fsp3) is 0.676. The van der Waals surface area contributed by atoms with Crippen molar-refractivity contribution in [2.45, 2.75) is 135 Å². The van der Waals surface area contributed by atoms with E-state index in [1.165, 1.54) is 69.1 Å². The number of halogens is 4. The topological polar surface area (TPSA) is 9.23 Å². The highest BCUT2D eigenvalue weighted by molar-refractivity contribution is 5.30. The first-order valence-electron chi connectivity index (χ1n) is 16.9. The van der Waals surface area contributed by atoms with Crippen LogP contribution in [0.25, 0.3) is 0 Å². The number of hydrogen-bond acceptors (Lipinski definition) is 1. The van der Waals surface area contributed by atoms with E-state index < -0.39 is 17.8 Å². The molecule has 0 spiro atoms. The molecule has 0 aliphatic heterocycles. The van der Waals surface area contributed by atoms with Crippen LogP contribution in [0.5, 0.6) is 5.75 Å². The fourth-order valence-corrected chi connectivity index (χ4v) is 8.30. The Bertz CT molecular complexity index is 1140. The van der Waals surface area contributed by atoms with E-state index in [0.717, 1.165) is 56.1 Å². The van der Waals surface area contributed by atoms with E-state index in [0.29, 0.717) is 36.2 Å². The second-order valence-corrected chi connectivity index (χ2v) is 13.8. The van der Waals surface area contributed by atoms with Crippen molar-refractivity contribution in [3.05, 3.63) is 64.7 Å². The Hall–Kier alpha value is -2.04. The summed E-state index contributed by atoms with van der Waals surface area (Å²) < 4.78 is 64.0. The molecule has 0 atom stereocenters. The quantitative estimate of drug-likeness (QED) is 0.199. The van der Waals surface area contributed by atoms with Crippen molar-refractivity contribution in [2.75, 3.05) is 0 Å². The van der Waals surface area contributed by atoms with E-state index in [-0.39, 0.29) is 17.5 Å².